The molecule has 1 aromatic carbocycles. The number of nitrogens with zero attached hydrogens (tertiary/aromatic N) is 1. The van der Waals surface area contributed by atoms with Crippen LogP contribution in [0.25, 0.3) is 0 Å². The lowest BCUT2D eigenvalue weighted by Gasteiger charge is -2.17. The molecule has 106 valence electrons. The van der Waals surface area contributed by atoms with Gasteiger partial charge in [0.25, 0.3) is 5.91 Å². The molecule has 0 atom stereocenters. The minimum Gasteiger partial charge on any atom is -0.396 e. The molecule has 0 aliphatic heterocycles. The number of nitrogens with two attached hydrogens (primary N) is 1. The highest BCUT2D eigenvalue weighted by atomic mass is 79.9. The van der Waals surface area contributed by atoms with Gasteiger partial charge >= 0.3 is 0 Å². The quantitative estimate of drug-likeness (QED) is 0.849. The summed E-state index contributed by atoms with van der Waals surface area (Å²) in [7, 11) is 1.48. The number of hydrogen-bond donors (Lipinski definition) is 1. The zero-order valence-electron chi connectivity index (χ0n) is 10.5. The number of hydrogen-bond acceptors (Lipinski definition) is 3. The second-order valence-electron chi connectivity index (χ2n) is 4.25. The van der Waals surface area contributed by atoms with E-state index in [1.807, 2.05) is 11.4 Å². The molecule has 2 aromatic rings. The van der Waals surface area contributed by atoms with Gasteiger partial charge in [-0.2, -0.15) is 0 Å². The molecule has 3 nitrogen and oxygen atoms in total. The second kappa shape index (κ2) is 5.88. The molecule has 0 spiro atoms. The van der Waals surface area contributed by atoms with Gasteiger partial charge in [0.05, 0.1) is 9.47 Å². The Kier molecular flexibility index (Phi) is 4.39. The second-order valence-corrected chi connectivity index (χ2v) is 6.54. The van der Waals surface area contributed by atoms with Gasteiger partial charge in [-0.15, -0.1) is 11.3 Å². The molecule has 0 fully saturated rings. The van der Waals surface area contributed by atoms with Gasteiger partial charge in [-0.1, -0.05) is 0 Å². The Morgan fingerprint density at radius 2 is 2.15 bits per heavy atom. The van der Waals surface area contributed by atoms with Crippen LogP contribution in [0.2, 0.25) is 0 Å². The minimum absolute atomic E-state index is 0.249. The van der Waals surface area contributed by atoms with E-state index in [1.165, 1.54) is 23.3 Å². The van der Waals surface area contributed by atoms with Crippen molar-refractivity contribution in [1.82, 2.24) is 4.90 Å². The third-order valence-electron chi connectivity index (χ3n) is 2.72. The van der Waals surface area contributed by atoms with Crippen molar-refractivity contribution in [2.24, 2.45) is 0 Å². The van der Waals surface area contributed by atoms with Crippen LogP contribution in [0.5, 0.6) is 0 Å². The number of carbonyl (C=O) groups excluding carboxylic acids is 1. The van der Waals surface area contributed by atoms with E-state index in [1.54, 1.807) is 0 Å². The van der Waals surface area contributed by atoms with Crippen molar-refractivity contribution in [3.63, 3.8) is 0 Å². The molecule has 0 saturated carbocycles. The summed E-state index contributed by atoms with van der Waals surface area (Å²) in [5.41, 5.74) is 5.37. The number of amides is 1. The maximum absolute atomic E-state index is 13.8. The fourth-order valence-corrected chi connectivity index (χ4v) is 2.93. The van der Waals surface area contributed by atoms with E-state index in [2.05, 4.69) is 15.9 Å². The number of benzene rings is 1. The number of thiophene rings is 1. The van der Waals surface area contributed by atoms with Crippen LogP contribution in [0.1, 0.15) is 15.9 Å². The van der Waals surface area contributed by atoms with Crippen LogP contribution in [-0.4, -0.2) is 17.9 Å². The van der Waals surface area contributed by atoms with Gasteiger partial charge in [-0.05, 0) is 45.1 Å². The Balaban J connectivity index is 2.25. The summed E-state index contributed by atoms with van der Waals surface area (Å²) < 4.78 is 28.4. The molecular formula is C13H11BrF2N2OS. The first-order valence-electron chi connectivity index (χ1n) is 5.62. The molecule has 0 aliphatic rings. The van der Waals surface area contributed by atoms with Crippen molar-refractivity contribution in [2.75, 3.05) is 12.8 Å². The van der Waals surface area contributed by atoms with E-state index < -0.39 is 23.1 Å². The van der Waals surface area contributed by atoms with E-state index in [9.17, 15) is 13.6 Å². The smallest absolute Gasteiger partial charge is 0.259 e. The highest BCUT2D eigenvalue weighted by molar-refractivity contribution is 9.11. The normalized spacial score (nSPS) is 10.6. The summed E-state index contributed by atoms with van der Waals surface area (Å²) in [5, 5.41) is 1.86. The van der Waals surface area contributed by atoms with Crippen molar-refractivity contribution >= 4 is 38.9 Å². The first-order valence-corrected chi connectivity index (χ1v) is 7.29. The maximum atomic E-state index is 13.8. The van der Waals surface area contributed by atoms with Gasteiger partial charge < -0.3 is 10.6 Å². The highest BCUT2D eigenvalue weighted by Gasteiger charge is 2.22. The highest BCUT2D eigenvalue weighted by Crippen LogP contribution is 2.23. The van der Waals surface area contributed by atoms with E-state index in [0.29, 0.717) is 0 Å². The van der Waals surface area contributed by atoms with Gasteiger partial charge in [0.2, 0.25) is 0 Å². The van der Waals surface area contributed by atoms with E-state index in [4.69, 9.17) is 5.73 Å². The van der Waals surface area contributed by atoms with Crippen molar-refractivity contribution in [2.45, 2.75) is 6.54 Å². The van der Waals surface area contributed by atoms with Crippen molar-refractivity contribution in [1.29, 1.82) is 0 Å². The van der Waals surface area contributed by atoms with Gasteiger partial charge in [0.15, 0.2) is 5.82 Å². The number of nitrogen functional groups attached to an aromatic ring is 1. The van der Waals surface area contributed by atoms with Crippen molar-refractivity contribution in [3.05, 3.63) is 50.1 Å². The molecule has 0 aliphatic carbocycles. The molecule has 0 saturated heterocycles. The predicted molar refractivity (Wildman–Crippen MR) is 78.6 cm³/mol. The molecule has 0 radical (unpaired) electrons. The lowest BCUT2D eigenvalue weighted by molar-refractivity contribution is 0.0775. The van der Waals surface area contributed by atoms with Crippen molar-refractivity contribution < 1.29 is 13.6 Å². The minimum atomic E-state index is -1.02. The van der Waals surface area contributed by atoms with Gasteiger partial charge in [0, 0.05) is 13.6 Å². The first kappa shape index (κ1) is 14.9. The standard InChI is InChI=1S/C13H11BrF2N2OS/c1-18(5-7-4-10(14)20-6-7)13(19)11-8(15)2-3-9(17)12(11)16/h2-4,6H,5,17H2,1H3. The van der Waals surface area contributed by atoms with Crippen LogP contribution in [0.4, 0.5) is 14.5 Å². The average molecular weight is 361 g/mol. The molecule has 1 aromatic heterocycles. The fourth-order valence-electron chi connectivity index (χ4n) is 1.73. The number of halogens is 3. The third-order valence-corrected chi connectivity index (χ3v) is 4.28. The molecule has 20 heavy (non-hydrogen) atoms. The Morgan fingerprint density at radius 3 is 2.75 bits per heavy atom. The molecule has 7 heteroatoms. The summed E-state index contributed by atoms with van der Waals surface area (Å²) in [6, 6.07) is 3.93. The van der Waals surface area contributed by atoms with Crippen LogP contribution < -0.4 is 5.73 Å². The largest absolute Gasteiger partial charge is 0.396 e. The molecule has 1 amide bonds. The van der Waals surface area contributed by atoms with Crippen LogP contribution in [0.3, 0.4) is 0 Å². The zero-order valence-corrected chi connectivity index (χ0v) is 12.9. The summed E-state index contributed by atoms with van der Waals surface area (Å²) in [6.45, 7) is 0.259. The average Bonchev–Trinajstić information content (AvgIpc) is 2.79. The maximum Gasteiger partial charge on any atom is 0.259 e. The Morgan fingerprint density at radius 1 is 1.45 bits per heavy atom. The van der Waals surface area contributed by atoms with Crippen LogP contribution in [-0.2, 0) is 6.54 Å². The lowest BCUT2D eigenvalue weighted by Crippen LogP contribution is -2.28. The third kappa shape index (κ3) is 2.99. The molecule has 1 heterocycles. The Hall–Kier alpha value is -1.47. The van der Waals surface area contributed by atoms with Crippen molar-refractivity contribution in [3.8, 4) is 0 Å². The molecule has 0 bridgehead atoms. The number of rotatable bonds is 3. The number of anilines is 1. The van der Waals surface area contributed by atoms with Crippen LogP contribution in [0.15, 0.2) is 27.4 Å². The van der Waals surface area contributed by atoms with Gasteiger partial charge in [-0.25, -0.2) is 8.78 Å². The first-order chi connectivity index (χ1) is 9.40. The Bertz CT molecular complexity index is 660. The lowest BCUT2D eigenvalue weighted by atomic mass is 10.1. The fraction of sp³-hybridized carbons (Fsp3) is 0.154. The number of carbonyl (C=O) groups is 1. The summed E-state index contributed by atoms with van der Waals surface area (Å²) >= 11 is 4.79. The molecular weight excluding hydrogens is 350 g/mol. The molecule has 0 unspecified atom stereocenters. The van der Waals surface area contributed by atoms with Crippen LogP contribution >= 0.6 is 27.3 Å². The Labute approximate surface area is 127 Å². The summed E-state index contributed by atoms with van der Waals surface area (Å²) in [4.78, 5) is 13.4. The zero-order chi connectivity index (χ0) is 14.9. The topological polar surface area (TPSA) is 46.3 Å². The summed E-state index contributed by atoms with van der Waals surface area (Å²) in [5.74, 6) is -2.68. The van der Waals surface area contributed by atoms with Gasteiger partial charge in [-0.3, -0.25) is 4.79 Å². The van der Waals surface area contributed by atoms with E-state index in [-0.39, 0.29) is 12.2 Å². The van der Waals surface area contributed by atoms with E-state index in [0.717, 1.165) is 21.5 Å². The van der Waals surface area contributed by atoms with Crippen LogP contribution in [0, 0.1) is 11.6 Å². The molecule has 2 N–H and O–H groups in total. The predicted octanol–water partition coefficient (Wildman–Crippen LogP) is 3.64. The van der Waals surface area contributed by atoms with E-state index >= 15 is 0 Å². The molecule has 2 rings (SSSR count). The monoisotopic (exact) mass is 360 g/mol. The van der Waals surface area contributed by atoms with Gasteiger partial charge in [0.1, 0.15) is 11.4 Å². The summed E-state index contributed by atoms with van der Waals surface area (Å²) in [6.07, 6.45) is 0. The SMILES string of the molecule is CN(Cc1csc(Br)c1)C(=O)c1c(F)ccc(N)c1F.